The molecule has 2 aromatic rings. The fraction of sp³-hybridized carbons (Fsp3) is 0.462. The zero-order valence-corrected chi connectivity index (χ0v) is 10.7. The minimum Gasteiger partial charge on any atom is -0.306 e. The monoisotopic (exact) mass is 235 g/mol. The maximum atomic E-state index is 13.2. The van der Waals surface area contributed by atoms with Crippen LogP contribution in [0.3, 0.4) is 0 Å². The van der Waals surface area contributed by atoms with Gasteiger partial charge in [-0.15, -0.1) is 0 Å². The van der Waals surface area contributed by atoms with Gasteiger partial charge >= 0.3 is 0 Å². The summed E-state index contributed by atoms with van der Waals surface area (Å²) in [5.74, 6) is 0.602. The molecule has 0 fully saturated rings. The lowest BCUT2D eigenvalue weighted by molar-refractivity contribution is 0.311. The molecule has 0 bridgehead atoms. The largest absolute Gasteiger partial charge is 0.306 e. The Morgan fingerprint density at radius 2 is 2.12 bits per heavy atom. The van der Waals surface area contributed by atoms with Gasteiger partial charge in [-0.1, -0.05) is 0 Å². The molecule has 0 spiro atoms. The first-order valence-corrected chi connectivity index (χ1v) is 5.78. The second-order valence-corrected chi connectivity index (χ2v) is 4.73. The van der Waals surface area contributed by atoms with E-state index >= 15 is 0 Å². The van der Waals surface area contributed by atoms with Crippen molar-refractivity contribution in [1.29, 1.82) is 0 Å². The van der Waals surface area contributed by atoms with Crippen LogP contribution in [0.1, 0.15) is 18.4 Å². The molecule has 0 N–H and O–H groups in total. The van der Waals surface area contributed by atoms with Crippen molar-refractivity contribution < 1.29 is 4.39 Å². The van der Waals surface area contributed by atoms with E-state index in [1.807, 2.05) is 11.3 Å². The third kappa shape index (κ3) is 2.31. The number of imidazole rings is 1. The first kappa shape index (κ1) is 12.0. The normalized spacial score (nSPS) is 13.5. The number of hydrogen-bond donors (Lipinski definition) is 0. The van der Waals surface area contributed by atoms with Crippen LogP contribution in [0.2, 0.25) is 0 Å². The lowest BCUT2D eigenvalue weighted by Gasteiger charge is -2.18. The quantitative estimate of drug-likeness (QED) is 0.813. The van der Waals surface area contributed by atoms with Gasteiger partial charge in [0, 0.05) is 18.7 Å². The lowest BCUT2D eigenvalue weighted by atomic mass is 10.1. The van der Waals surface area contributed by atoms with E-state index < -0.39 is 0 Å². The average molecular weight is 235 g/mol. The van der Waals surface area contributed by atoms with Crippen LogP contribution in [0.25, 0.3) is 5.52 Å². The van der Waals surface area contributed by atoms with Gasteiger partial charge in [0.1, 0.15) is 11.6 Å². The summed E-state index contributed by atoms with van der Waals surface area (Å²) in [6.45, 7) is 4.06. The first-order chi connectivity index (χ1) is 7.99. The molecule has 0 aromatic carbocycles. The minimum absolute atomic E-state index is 0.231. The van der Waals surface area contributed by atoms with Crippen molar-refractivity contribution >= 4 is 5.52 Å². The molecule has 0 amide bonds. The van der Waals surface area contributed by atoms with Crippen LogP contribution in [0.5, 0.6) is 0 Å². The van der Waals surface area contributed by atoms with Gasteiger partial charge in [0.25, 0.3) is 0 Å². The minimum atomic E-state index is -0.231. The SMILES string of the molecule is Cc1nc(CC(C)N(C)C)c2ccc(F)cn12. The number of aryl methyl sites for hydroxylation is 1. The van der Waals surface area contributed by atoms with E-state index in [4.69, 9.17) is 0 Å². The Bertz CT molecular complexity index is 531. The third-order valence-electron chi connectivity index (χ3n) is 3.22. The molecule has 0 saturated carbocycles. The van der Waals surface area contributed by atoms with Gasteiger partial charge in [0.2, 0.25) is 0 Å². The molecule has 2 aromatic heterocycles. The Morgan fingerprint density at radius 3 is 2.76 bits per heavy atom. The highest BCUT2D eigenvalue weighted by atomic mass is 19.1. The number of rotatable bonds is 3. The highest BCUT2D eigenvalue weighted by Gasteiger charge is 2.13. The van der Waals surface area contributed by atoms with Crippen LogP contribution in [0, 0.1) is 12.7 Å². The molecule has 0 saturated heterocycles. The van der Waals surface area contributed by atoms with Crippen molar-refractivity contribution in [2.24, 2.45) is 0 Å². The van der Waals surface area contributed by atoms with E-state index in [-0.39, 0.29) is 5.82 Å². The summed E-state index contributed by atoms with van der Waals surface area (Å²) >= 11 is 0. The Balaban J connectivity index is 2.42. The Hall–Kier alpha value is -1.42. The van der Waals surface area contributed by atoms with Gasteiger partial charge in [0.05, 0.1) is 11.2 Å². The molecule has 0 radical (unpaired) electrons. The fourth-order valence-electron chi connectivity index (χ4n) is 1.90. The van der Waals surface area contributed by atoms with E-state index in [9.17, 15) is 4.39 Å². The Morgan fingerprint density at radius 1 is 1.41 bits per heavy atom. The Labute approximate surface area is 101 Å². The smallest absolute Gasteiger partial charge is 0.139 e. The topological polar surface area (TPSA) is 20.5 Å². The molecule has 1 atom stereocenters. The maximum absolute atomic E-state index is 13.2. The highest BCUT2D eigenvalue weighted by molar-refractivity contribution is 5.53. The third-order valence-corrected chi connectivity index (χ3v) is 3.22. The predicted molar refractivity (Wildman–Crippen MR) is 66.7 cm³/mol. The van der Waals surface area contributed by atoms with Gasteiger partial charge in [-0.2, -0.15) is 0 Å². The number of pyridine rings is 1. The number of fused-ring (bicyclic) bond motifs is 1. The summed E-state index contributed by atoms with van der Waals surface area (Å²) in [4.78, 5) is 6.68. The van der Waals surface area contributed by atoms with Crippen molar-refractivity contribution in [3.8, 4) is 0 Å². The predicted octanol–water partition coefficient (Wildman–Crippen LogP) is 2.27. The maximum Gasteiger partial charge on any atom is 0.139 e. The van der Waals surface area contributed by atoms with E-state index in [0.717, 1.165) is 23.5 Å². The number of hydrogen-bond acceptors (Lipinski definition) is 2. The fourth-order valence-corrected chi connectivity index (χ4v) is 1.90. The summed E-state index contributed by atoms with van der Waals surface area (Å²) in [5, 5.41) is 0. The number of likely N-dealkylation sites (N-methyl/N-ethyl adjacent to an activating group) is 1. The summed E-state index contributed by atoms with van der Waals surface area (Å²) in [6, 6.07) is 3.70. The van der Waals surface area contributed by atoms with Crippen molar-refractivity contribution in [2.45, 2.75) is 26.3 Å². The second-order valence-electron chi connectivity index (χ2n) is 4.73. The molecule has 92 valence electrons. The molecule has 2 rings (SSSR count). The number of aromatic nitrogens is 2. The number of nitrogens with zero attached hydrogens (tertiary/aromatic N) is 3. The Kier molecular flexibility index (Phi) is 3.15. The molecular weight excluding hydrogens is 217 g/mol. The summed E-state index contributed by atoms with van der Waals surface area (Å²) < 4.78 is 15.0. The van der Waals surface area contributed by atoms with Crippen molar-refractivity contribution in [3.05, 3.63) is 35.7 Å². The van der Waals surface area contributed by atoms with Crippen LogP contribution < -0.4 is 0 Å². The van der Waals surface area contributed by atoms with Gasteiger partial charge in [-0.05, 0) is 40.1 Å². The molecule has 3 nitrogen and oxygen atoms in total. The van der Waals surface area contributed by atoms with Crippen molar-refractivity contribution in [1.82, 2.24) is 14.3 Å². The lowest BCUT2D eigenvalue weighted by Crippen LogP contribution is -2.26. The standard InChI is InChI=1S/C13H18FN3/c1-9(16(3)4)7-12-13-6-5-11(14)8-17(13)10(2)15-12/h5-6,8-9H,7H2,1-4H3. The molecule has 0 aliphatic carbocycles. The van der Waals surface area contributed by atoms with E-state index in [2.05, 4.69) is 30.9 Å². The van der Waals surface area contributed by atoms with Crippen LogP contribution in [-0.4, -0.2) is 34.4 Å². The zero-order valence-electron chi connectivity index (χ0n) is 10.7. The first-order valence-electron chi connectivity index (χ1n) is 5.78. The molecule has 2 heterocycles. The van der Waals surface area contributed by atoms with Crippen LogP contribution in [0.15, 0.2) is 18.3 Å². The molecule has 0 aliphatic rings. The van der Waals surface area contributed by atoms with Crippen molar-refractivity contribution in [3.63, 3.8) is 0 Å². The van der Waals surface area contributed by atoms with E-state index in [0.29, 0.717) is 6.04 Å². The molecule has 0 aliphatic heterocycles. The molecule has 1 unspecified atom stereocenters. The van der Waals surface area contributed by atoms with Gasteiger partial charge in [-0.25, -0.2) is 9.37 Å². The summed E-state index contributed by atoms with van der Waals surface area (Å²) in [6.07, 6.45) is 2.36. The summed E-state index contributed by atoms with van der Waals surface area (Å²) in [5.41, 5.74) is 2.03. The molecule has 17 heavy (non-hydrogen) atoms. The van der Waals surface area contributed by atoms with Crippen LogP contribution in [-0.2, 0) is 6.42 Å². The molecule has 4 heteroatoms. The van der Waals surface area contributed by atoms with Crippen LogP contribution >= 0.6 is 0 Å². The van der Waals surface area contributed by atoms with Gasteiger partial charge in [-0.3, -0.25) is 0 Å². The number of halogens is 1. The van der Waals surface area contributed by atoms with Crippen molar-refractivity contribution in [2.75, 3.05) is 14.1 Å². The van der Waals surface area contributed by atoms with E-state index in [1.165, 1.54) is 12.3 Å². The molecular formula is C13H18FN3. The second kappa shape index (κ2) is 4.45. The zero-order chi connectivity index (χ0) is 12.6. The van der Waals surface area contributed by atoms with Gasteiger partial charge < -0.3 is 9.30 Å². The van der Waals surface area contributed by atoms with E-state index in [1.54, 1.807) is 6.07 Å². The highest BCUT2D eigenvalue weighted by Crippen LogP contribution is 2.16. The summed E-state index contributed by atoms with van der Waals surface area (Å²) in [7, 11) is 4.10. The average Bonchev–Trinajstić information content (AvgIpc) is 2.55. The van der Waals surface area contributed by atoms with Gasteiger partial charge in [0.15, 0.2) is 0 Å². The van der Waals surface area contributed by atoms with Crippen LogP contribution in [0.4, 0.5) is 4.39 Å².